The van der Waals surface area contributed by atoms with Crippen molar-refractivity contribution in [3.63, 3.8) is 0 Å². The van der Waals surface area contributed by atoms with Gasteiger partial charge in [-0.25, -0.2) is 9.37 Å². The topological polar surface area (TPSA) is 72.3 Å². The van der Waals surface area contributed by atoms with Crippen LogP contribution in [-0.4, -0.2) is 21.6 Å². The molecule has 5 rings (SSSR count). The molecule has 1 aliphatic rings. The fourth-order valence-electron chi connectivity index (χ4n) is 4.65. The number of methoxy groups -OCH3 is 1. The summed E-state index contributed by atoms with van der Waals surface area (Å²) >= 11 is 6.01. The maximum absolute atomic E-state index is 13.8. The molecule has 0 radical (unpaired) electrons. The van der Waals surface area contributed by atoms with Crippen molar-refractivity contribution in [3.05, 3.63) is 86.0 Å². The molecule has 1 unspecified atom stereocenters. The van der Waals surface area contributed by atoms with Crippen molar-refractivity contribution in [2.75, 3.05) is 17.3 Å². The number of halogens is 2. The third-order valence-corrected chi connectivity index (χ3v) is 6.57. The molecule has 0 saturated carbocycles. The highest BCUT2D eigenvalue weighted by molar-refractivity contribution is 6.29. The molecule has 0 saturated heterocycles. The second kappa shape index (κ2) is 8.85. The van der Waals surface area contributed by atoms with Gasteiger partial charge in [-0.3, -0.25) is 9.36 Å². The van der Waals surface area contributed by atoms with Gasteiger partial charge in [-0.2, -0.15) is 4.98 Å². The maximum Gasteiger partial charge on any atom is 0.262 e. The monoisotopic (exact) mass is 493 g/mol. The molecule has 4 aromatic rings. The van der Waals surface area contributed by atoms with Crippen molar-refractivity contribution in [3.8, 4) is 5.88 Å². The molecule has 7 nitrogen and oxygen atoms in total. The van der Waals surface area contributed by atoms with Crippen LogP contribution in [0.3, 0.4) is 0 Å². The number of nitrogens with zero attached hydrogens (tertiary/aromatic N) is 4. The van der Waals surface area contributed by atoms with E-state index in [1.54, 1.807) is 35.9 Å². The Bertz CT molecular complexity index is 1520. The first-order valence-electron chi connectivity index (χ1n) is 11.3. The molecule has 0 aliphatic carbocycles. The Morgan fingerprint density at radius 1 is 1.11 bits per heavy atom. The van der Waals surface area contributed by atoms with Crippen LogP contribution in [0, 0.1) is 12.7 Å². The van der Waals surface area contributed by atoms with E-state index in [4.69, 9.17) is 21.3 Å². The second-order valence-corrected chi connectivity index (χ2v) is 9.24. The Morgan fingerprint density at radius 2 is 1.89 bits per heavy atom. The van der Waals surface area contributed by atoms with Gasteiger partial charge in [-0.15, -0.1) is 0 Å². The van der Waals surface area contributed by atoms with E-state index in [1.165, 1.54) is 13.2 Å². The van der Waals surface area contributed by atoms with Crippen molar-refractivity contribution in [2.45, 2.75) is 33.0 Å². The van der Waals surface area contributed by atoms with Crippen LogP contribution < -0.4 is 20.5 Å². The molecule has 1 atom stereocenters. The van der Waals surface area contributed by atoms with E-state index < -0.39 is 0 Å². The van der Waals surface area contributed by atoms with Gasteiger partial charge in [0.05, 0.1) is 29.7 Å². The van der Waals surface area contributed by atoms with Gasteiger partial charge >= 0.3 is 0 Å². The Kier molecular flexibility index (Phi) is 5.84. The van der Waals surface area contributed by atoms with Gasteiger partial charge in [-0.05, 0) is 60.9 Å². The molecule has 35 heavy (non-hydrogen) atoms. The standard InChI is InChI=1S/C26H25ClFN5O2/c1-14-9-19(15(2)29-21-7-8-22(27)30-24(21)35-4)23-20(10-14)25(34)32(3)26(31-23)33-12-16-5-6-18(28)11-17(16)13-33/h5-11,15,29H,12-13H2,1-4H3. The van der Waals surface area contributed by atoms with E-state index in [0.29, 0.717) is 46.7 Å². The number of benzene rings is 2. The number of pyridine rings is 1. The van der Waals surface area contributed by atoms with Crippen LogP contribution in [0.15, 0.2) is 47.3 Å². The number of anilines is 2. The van der Waals surface area contributed by atoms with E-state index >= 15 is 0 Å². The van der Waals surface area contributed by atoms with E-state index in [2.05, 4.69) is 10.3 Å². The van der Waals surface area contributed by atoms with Crippen LogP contribution in [0.5, 0.6) is 5.88 Å². The fraction of sp³-hybridized carbons (Fsp3) is 0.269. The predicted octanol–water partition coefficient (Wildman–Crippen LogP) is 5.13. The molecule has 0 amide bonds. The number of hydrogen-bond acceptors (Lipinski definition) is 6. The summed E-state index contributed by atoms with van der Waals surface area (Å²) in [4.78, 5) is 24.6. The van der Waals surface area contributed by atoms with Crippen LogP contribution in [0.25, 0.3) is 10.9 Å². The zero-order chi connectivity index (χ0) is 24.9. The van der Waals surface area contributed by atoms with Crippen molar-refractivity contribution in [1.29, 1.82) is 0 Å². The maximum atomic E-state index is 13.8. The van der Waals surface area contributed by atoms with E-state index in [0.717, 1.165) is 22.3 Å². The lowest BCUT2D eigenvalue weighted by molar-refractivity contribution is 0.399. The summed E-state index contributed by atoms with van der Waals surface area (Å²) in [5.41, 5.74) is 4.94. The third kappa shape index (κ3) is 4.18. The molecule has 0 fully saturated rings. The van der Waals surface area contributed by atoms with E-state index in [1.807, 2.05) is 30.9 Å². The molecule has 0 bridgehead atoms. The molecular weight excluding hydrogens is 469 g/mol. The Hall–Kier alpha value is -3.65. The lowest BCUT2D eigenvalue weighted by Crippen LogP contribution is -2.28. The average molecular weight is 494 g/mol. The molecule has 9 heteroatoms. The highest BCUT2D eigenvalue weighted by Crippen LogP contribution is 2.33. The molecule has 2 aromatic heterocycles. The van der Waals surface area contributed by atoms with E-state index in [-0.39, 0.29) is 17.4 Å². The normalized spacial score (nSPS) is 13.7. The first-order valence-corrected chi connectivity index (χ1v) is 11.6. The quantitative estimate of drug-likeness (QED) is 0.388. The van der Waals surface area contributed by atoms with Crippen molar-refractivity contribution in [1.82, 2.24) is 14.5 Å². The van der Waals surface area contributed by atoms with Crippen LogP contribution in [0.2, 0.25) is 5.15 Å². The van der Waals surface area contributed by atoms with E-state index in [9.17, 15) is 9.18 Å². The zero-order valence-electron chi connectivity index (χ0n) is 19.9. The van der Waals surface area contributed by atoms with Crippen LogP contribution in [-0.2, 0) is 20.1 Å². The average Bonchev–Trinajstić information content (AvgIpc) is 3.25. The summed E-state index contributed by atoms with van der Waals surface area (Å²) in [5, 5.41) is 4.30. The molecular formula is C26H25ClFN5O2. The largest absolute Gasteiger partial charge is 0.479 e. The van der Waals surface area contributed by atoms with Crippen molar-refractivity contribution < 1.29 is 9.13 Å². The van der Waals surface area contributed by atoms with Gasteiger partial charge in [0.15, 0.2) is 0 Å². The van der Waals surface area contributed by atoms with Crippen molar-refractivity contribution in [2.24, 2.45) is 7.05 Å². The Labute approximate surface area is 207 Å². The molecule has 180 valence electrons. The first-order chi connectivity index (χ1) is 16.7. The minimum atomic E-state index is -0.268. The molecule has 0 spiro atoms. The molecule has 1 aliphatic heterocycles. The number of hydrogen-bond donors (Lipinski definition) is 1. The van der Waals surface area contributed by atoms with Crippen LogP contribution in [0.1, 0.15) is 35.2 Å². The summed E-state index contributed by atoms with van der Waals surface area (Å²) in [6.45, 7) is 5.00. The minimum Gasteiger partial charge on any atom is -0.479 e. The Balaban J connectivity index is 1.59. The van der Waals surface area contributed by atoms with Gasteiger partial charge in [-0.1, -0.05) is 23.7 Å². The number of aryl methyl sites for hydroxylation is 1. The molecule has 2 aromatic carbocycles. The summed E-state index contributed by atoms with van der Waals surface area (Å²) < 4.78 is 20.7. The number of ether oxygens (including phenoxy) is 1. The van der Waals surface area contributed by atoms with Gasteiger partial charge in [0.1, 0.15) is 11.0 Å². The first kappa shape index (κ1) is 23.1. The third-order valence-electron chi connectivity index (χ3n) is 6.36. The fourth-order valence-corrected chi connectivity index (χ4v) is 4.79. The number of nitrogens with one attached hydrogen (secondary N) is 1. The van der Waals surface area contributed by atoms with Crippen LogP contribution >= 0.6 is 11.6 Å². The van der Waals surface area contributed by atoms with Gasteiger partial charge in [0, 0.05) is 25.7 Å². The summed E-state index contributed by atoms with van der Waals surface area (Å²) in [5.74, 6) is 0.658. The zero-order valence-corrected chi connectivity index (χ0v) is 20.7. The highest BCUT2D eigenvalue weighted by Gasteiger charge is 2.25. The molecule has 3 heterocycles. The summed E-state index contributed by atoms with van der Waals surface area (Å²) in [6.07, 6.45) is 0. The number of fused-ring (bicyclic) bond motifs is 2. The summed E-state index contributed by atoms with van der Waals surface area (Å²) in [7, 11) is 3.26. The lowest BCUT2D eigenvalue weighted by atomic mass is 10.0. The minimum absolute atomic E-state index is 0.130. The smallest absolute Gasteiger partial charge is 0.262 e. The SMILES string of the molecule is COc1nc(Cl)ccc1NC(C)c1cc(C)cc2c(=O)n(C)c(N3Cc4ccc(F)cc4C3)nc12. The van der Waals surface area contributed by atoms with Gasteiger partial charge in [0.2, 0.25) is 11.8 Å². The van der Waals surface area contributed by atoms with Gasteiger partial charge in [0.25, 0.3) is 5.56 Å². The summed E-state index contributed by atoms with van der Waals surface area (Å²) in [6, 6.07) is 12.0. The van der Waals surface area contributed by atoms with Gasteiger partial charge < -0.3 is 15.0 Å². The lowest BCUT2D eigenvalue weighted by Gasteiger charge is -2.23. The Morgan fingerprint density at radius 3 is 2.66 bits per heavy atom. The predicted molar refractivity (Wildman–Crippen MR) is 136 cm³/mol. The van der Waals surface area contributed by atoms with Crippen LogP contribution in [0.4, 0.5) is 16.0 Å². The number of aromatic nitrogens is 3. The van der Waals surface area contributed by atoms with Crippen molar-refractivity contribution >= 4 is 34.1 Å². The number of rotatable bonds is 5. The molecule has 1 N–H and O–H groups in total. The highest BCUT2D eigenvalue weighted by atomic mass is 35.5. The second-order valence-electron chi connectivity index (χ2n) is 8.85.